The van der Waals surface area contributed by atoms with Crippen LogP contribution in [-0.2, 0) is 6.61 Å². The van der Waals surface area contributed by atoms with Crippen molar-refractivity contribution in [2.75, 3.05) is 6.61 Å². The van der Waals surface area contributed by atoms with Crippen LogP contribution >= 0.6 is 22.6 Å². The first-order valence-corrected chi connectivity index (χ1v) is 11.2. The van der Waals surface area contributed by atoms with Crippen LogP contribution in [0.3, 0.4) is 0 Å². The van der Waals surface area contributed by atoms with Crippen molar-refractivity contribution >= 4 is 45.5 Å². The lowest BCUT2D eigenvalue weighted by atomic mass is 10.1. The maximum Gasteiger partial charge on any atom is 0.307 e. The molecule has 0 aliphatic carbocycles. The van der Waals surface area contributed by atoms with E-state index < -0.39 is 5.91 Å². The first-order chi connectivity index (χ1) is 15.7. The molecule has 3 aromatic carbocycles. The zero-order valence-corrected chi connectivity index (χ0v) is 19.5. The molecular weight excluding hydrogens is 519 g/mol. The Balaban J connectivity index is 1.52. The van der Waals surface area contributed by atoms with Gasteiger partial charge >= 0.3 is 5.91 Å². The Bertz CT molecular complexity index is 1250. The van der Waals surface area contributed by atoms with E-state index in [1.165, 1.54) is 17.0 Å². The van der Waals surface area contributed by atoms with E-state index in [2.05, 4.69) is 57.4 Å². The molecule has 1 aromatic heterocycles. The van der Waals surface area contributed by atoms with E-state index in [4.69, 9.17) is 13.9 Å². The maximum atomic E-state index is 11.9. The second-order valence-electron chi connectivity index (χ2n) is 6.87. The van der Waals surface area contributed by atoms with Crippen LogP contribution in [0, 0.1) is 3.57 Å². The second-order valence-corrected chi connectivity index (χ2v) is 8.03. The number of hydrogen-bond donors (Lipinski definition) is 1. The summed E-state index contributed by atoms with van der Waals surface area (Å²) in [6, 6.07) is 21.4. The molecule has 0 bridgehead atoms. The van der Waals surface area contributed by atoms with E-state index in [0.717, 1.165) is 14.7 Å². The number of nitrogens with zero attached hydrogens (tertiary/aromatic N) is 1. The molecule has 0 saturated carbocycles. The quantitative estimate of drug-likeness (QED) is 0.175. The van der Waals surface area contributed by atoms with Crippen molar-refractivity contribution in [2.45, 2.75) is 13.5 Å². The van der Waals surface area contributed by atoms with E-state index >= 15 is 0 Å². The molecule has 0 fully saturated rings. The predicted molar refractivity (Wildman–Crippen MR) is 132 cm³/mol. The van der Waals surface area contributed by atoms with Gasteiger partial charge in [-0.15, -0.1) is 0 Å². The summed E-state index contributed by atoms with van der Waals surface area (Å²) in [6.45, 7) is 2.84. The van der Waals surface area contributed by atoms with E-state index in [1.54, 1.807) is 18.3 Å². The summed E-state index contributed by atoms with van der Waals surface area (Å²) in [5, 5.41) is 6.36. The Hall–Kier alpha value is -3.33. The summed E-state index contributed by atoms with van der Waals surface area (Å²) in [4.78, 5) is 11.9. The summed E-state index contributed by atoms with van der Waals surface area (Å²) in [5.41, 5.74) is 4.32. The number of hydrogen-bond acceptors (Lipinski definition) is 5. The average molecular weight is 540 g/mol. The molecule has 0 aliphatic rings. The summed E-state index contributed by atoms with van der Waals surface area (Å²) in [5.74, 6) is 1.08. The van der Waals surface area contributed by atoms with Gasteiger partial charge in [0.25, 0.3) is 0 Å². The number of hydrazone groups is 1. The Morgan fingerprint density at radius 2 is 1.94 bits per heavy atom. The molecule has 0 atom stereocenters. The van der Waals surface area contributed by atoms with Gasteiger partial charge in [-0.1, -0.05) is 42.5 Å². The van der Waals surface area contributed by atoms with Gasteiger partial charge < -0.3 is 13.9 Å². The molecule has 0 spiro atoms. The van der Waals surface area contributed by atoms with Crippen LogP contribution in [0.2, 0.25) is 0 Å². The summed E-state index contributed by atoms with van der Waals surface area (Å²) in [6.07, 6.45) is 2.99. The number of rotatable bonds is 8. The highest BCUT2D eigenvalue weighted by Gasteiger charge is 2.13. The largest absolute Gasteiger partial charge is 0.490 e. The topological polar surface area (TPSA) is 73.1 Å². The minimum absolute atomic E-state index is 0.198. The first kappa shape index (κ1) is 21.9. The van der Waals surface area contributed by atoms with Crippen molar-refractivity contribution in [2.24, 2.45) is 5.10 Å². The molecule has 32 heavy (non-hydrogen) atoms. The Morgan fingerprint density at radius 3 is 2.75 bits per heavy atom. The van der Waals surface area contributed by atoms with Crippen LogP contribution in [0.1, 0.15) is 28.6 Å². The van der Waals surface area contributed by atoms with Crippen molar-refractivity contribution in [3.63, 3.8) is 0 Å². The fraction of sp³-hybridized carbons (Fsp3) is 0.120. The molecule has 1 N–H and O–H groups in total. The van der Waals surface area contributed by atoms with Gasteiger partial charge in [0.1, 0.15) is 6.61 Å². The van der Waals surface area contributed by atoms with Gasteiger partial charge in [-0.05, 0) is 75.7 Å². The van der Waals surface area contributed by atoms with Crippen molar-refractivity contribution in [1.29, 1.82) is 0 Å². The first-order valence-electron chi connectivity index (χ1n) is 10.1. The number of furan rings is 1. The highest BCUT2D eigenvalue weighted by atomic mass is 127. The average Bonchev–Trinajstić information content (AvgIpc) is 3.34. The van der Waals surface area contributed by atoms with Crippen LogP contribution in [0.25, 0.3) is 10.8 Å². The molecule has 4 aromatic rings. The zero-order valence-electron chi connectivity index (χ0n) is 17.4. The maximum absolute atomic E-state index is 11.9. The highest BCUT2D eigenvalue weighted by Crippen LogP contribution is 2.35. The third kappa shape index (κ3) is 5.11. The van der Waals surface area contributed by atoms with E-state index in [0.29, 0.717) is 24.7 Å². The number of carbonyl (C=O) groups excluding carboxylic acids is 1. The molecule has 0 unspecified atom stereocenters. The lowest BCUT2D eigenvalue weighted by Gasteiger charge is -2.15. The summed E-state index contributed by atoms with van der Waals surface area (Å²) in [7, 11) is 0. The number of benzene rings is 3. The number of halogens is 1. The zero-order chi connectivity index (χ0) is 22.3. The summed E-state index contributed by atoms with van der Waals surface area (Å²) >= 11 is 2.22. The number of carbonyl (C=O) groups is 1. The van der Waals surface area contributed by atoms with Crippen molar-refractivity contribution in [1.82, 2.24) is 5.43 Å². The minimum Gasteiger partial charge on any atom is -0.490 e. The molecule has 0 aliphatic heterocycles. The molecule has 162 valence electrons. The van der Waals surface area contributed by atoms with Crippen LogP contribution < -0.4 is 14.9 Å². The van der Waals surface area contributed by atoms with Crippen LogP contribution in [0.15, 0.2) is 82.5 Å². The van der Waals surface area contributed by atoms with E-state index in [-0.39, 0.29) is 5.76 Å². The van der Waals surface area contributed by atoms with Gasteiger partial charge in [0.15, 0.2) is 17.3 Å². The van der Waals surface area contributed by atoms with Gasteiger partial charge in [-0.25, -0.2) is 5.43 Å². The fourth-order valence-electron chi connectivity index (χ4n) is 3.26. The highest BCUT2D eigenvalue weighted by molar-refractivity contribution is 14.1. The van der Waals surface area contributed by atoms with Gasteiger partial charge in [-0.2, -0.15) is 5.10 Å². The predicted octanol–water partition coefficient (Wildman–Crippen LogP) is 5.78. The van der Waals surface area contributed by atoms with E-state index in [1.807, 2.05) is 37.3 Å². The van der Waals surface area contributed by atoms with Gasteiger partial charge in [0.2, 0.25) is 0 Å². The Kier molecular flexibility index (Phi) is 7.06. The Labute approximate surface area is 199 Å². The van der Waals surface area contributed by atoms with Gasteiger partial charge in [-0.3, -0.25) is 4.79 Å². The smallest absolute Gasteiger partial charge is 0.307 e. The number of fused-ring (bicyclic) bond motifs is 1. The number of ether oxygens (including phenoxy) is 2. The molecule has 6 nitrogen and oxygen atoms in total. The minimum atomic E-state index is -0.416. The van der Waals surface area contributed by atoms with Gasteiger partial charge in [0.05, 0.1) is 22.7 Å². The van der Waals surface area contributed by atoms with Crippen LogP contribution in [-0.4, -0.2) is 18.7 Å². The normalized spacial score (nSPS) is 11.1. The fourth-order valence-corrected chi connectivity index (χ4v) is 4.04. The SMILES string of the molecule is CCOc1cc(/C=N\NC(=O)c2ccco2)cc(I)c1OCc1cccc2ccccc12. The molecule has 4 rings (SSSR count). The lowest BCUT2D eigenvalue weighted by Crippen LogP contribution is -2.16. The molecule has 7 heteroatoms. The molecular formula is C25H21IN2O4. The van der Waals surface area contributed by atoms with Crippen molar-refractivity contribution in [3.8, 4) is 11.5 Å². The molecule has 0 saturated heterocycles. The molecule has 0 radical (unpaired) electrons. The monoisotopic (exact) mass is 540 g/mol. The summed E-state index contributed by atoms with van der Waals surface area (Å²) < 4.78 is 18.0. The standard InChI is InChI=1S/C25H21IN2O4/c1-2-30-23-14-17(15-27-28-25(29)22-11-6-12-31-22)13-21(26)24(23)32-16-19-9-5-8-18-7-3-4-10-20(18)19/h3-15H,2,16H2,1H3,(H,28,29)/b27-15-. The molecule has 1 amide bonds. The van der Waals surface area contributed by atoms with Crippen molar-refractivity contribution < 1.29 is 18.7 Å². The third-order valence-electron chi connectivity index (χ3n) is 4.71. The van der Waals surface area contributed by atoms with Crippen molar-refractivity contribution in [3.05, 3.63) is 93.5 Å². The number of nitrogens with one attached hydrogen (secondary N) is 1. The van der Waals surface area contributed by atoms with Crippen LogP contribution in [0.4, 0.5) is 0 Å². The van der Waals surface area contributed by atoms with Gasteiger partial charge in [0, 0.05) is 0 Å². The second kappa shape index (κ2) is 10.3. The molecule has 1 heterocycles. The number of amides is 1. The lowest BCUT2D eigenvalue weighted by molar-refractivity contribution is 0.0927. The van der Waals surface area contributed by atoms with E-state index in [9.17, 15) is 4.79 Å². The van der Waals surface area contributed by atoms with Crippen LogP contribution in [0.5, 0.6) is 11.5 Å². The Morgan fingerprint density at radius 1 is 1.09 bits per heavy atom. The third-order valence-corrected chi connectivity index (χ3v) is 5.51.